The molecule has 3 aromatic rings. The first-order valence-electron chi connectivity index (χ1n) is 31.9. The van der Waals surface area contributed by atoms with E-state index in [4.69, 9.17) is 28.7 Å². The highest BCUT2D eigenvalue weighted by atomic mass is 16.3. The van der Waals surface area contributed by atoms with Crippen LogP contribution < -0.4 is 76.5 Å². The molecular weight excluding hydrogens is 1230 g/mol. The molecule has 1 aromatic heterocycles. The summed E-state index contributed by atoms with van der Waals surface area (Å²) in [5, 5.41) is 34.4. The van der Waals surface area contributed by atoms with Gasteiger partial charge in [0, 0.05) is 63.0 Å². The maximum absolute atomic E-state index is 15.2. The van der Waals surface area contributed by atoms with Crippen molar-refractivity contribution >= 4 is 93.7 Å². The Hall–Kier alpha value is -10.1. The summed E-state index contributed by atoms with van der Waals surface area (Å²) in [7, 11) is 0. The fourth-order valence-electron chi connectivity index (χ4n) is 11.5. The van der Waals surface area contributed by atoms with Gasteiger partial charge in [-0.2, -0.15) is 0 Å². The van der Waals surface area contributed by atoms with Crippen molar-refractivity contribution in [3.8, 4) is 0 Å². The van der Waals surface area contributed by atoms with Crippen molar-refractivity contribution in [2.75, 3.05) is 32.8 Å². The minimum Gasteiger partial charge on any atom is -0.394 e. The van der Waals surface area contributed by atoms with E-state index in [9.17, 15) is 53.1 Å². The normalized spacial score (nSPS) is 21.5. The van der Waals surface area contributed by atoms with Crippen LogP contribution in [-0.4, -0.2) is 202 Å². The van der Waals surface area contributed by atoms with Crippen molar-refractivity contribution < 1.29 is 62.6 Å². The Morgan fingerprint density at radius 1 is 0.663 bits per heavy atom. The van der Waals surface area contributed by atoms with Gasteiger partial charge in [-0.3, -0.25) is 67.5 Å². The summed E-state index contributed by atoms with van der Waals surface area (Å²) in [6.45, 7) is 3.51. The van der Waals surface area contributed by atoms with Crippen molar-refractivity contribution in [2.24, 2.45) is 38.7 Å². The van der Waals surface area contributed by atoms with Gasteiger partial charge < -0.3 is 96.4 Å². The second kappa shape index (κ2) is 36.3. The number of aromatic amines is 1. The van der Waals surface area contributed by atoms with Gasteiger partial charge in [0.1, 0.15) is 66.5 Å². The minimum absolute atomic E-state index is 0.0186. The standard InChI is InChI=1S/C63H91N19O13/c1-35(72-57(91)48(34-83)74-37(3)84)52(86)76-44(24-14-28-70-63(67)68)54(88)79-46(32-39-33-71-41-20-12-11-19-40(39)41)56(90)77-43-21-9-4-5-10-22-45(60(94)81-29-16-26-50(81)59(93)75-42(51(64)85)23-13-27-69-62(65)66)78-53(87)36(2)73-58(92)49-25-15-30-82(49)61(95)47(80-55(43)89)31-38-17-7-6-8-18-38/h4-8,11-12,17-20,33,35-36,42-50,71,83H,9-10,13-16,21-32,34H2,1-3H3,(H2,64,85)(H,72,91)(H,73,92)(H,74,84)(H,75,93)(H,76,86)(H,77,90)(H,78,87)(H,79,88)(H,80,89)(H4,65,66,69)(H4,67,68,70)/b5-4-/t35-,36-,42-,43-,44-,45-,46-,47-,48-,49-,50-/m0/s1. The number of benzene rings is 2. The monoisotopic (exact) mass is 1320 g/mol. The van der Waals surface area contributed by atoms with Gasteiger partial charge in [-0.25, -0.2) is 0 Å². The lowest BCUT2D eigenvalue weighted by molar-refractivity contribution is -0.143. The number of aliphatic hydroxyl groups is 1. The summed E-state index contributed by atoms with van der Waals surface area (Å²) >= 11 is 0. The fraction of sp³-hybridized carbons (Fsp3) is 0.524. The molecule has 6 rings (SSSR count). The van der Waals surface area contributed by atoms with E-state index in [1.54, 1.807) is 66.9 Å². The molecule has 0 unspecified atom stereocenters. The molecule has 95 heavy (non-hydrogen) atoms. The largest absolute Gasteiger partial charge is 0.394 e. The van der Waals surface area contributed by atoms with E-state index in [1.165, 1.54) is 23.6 Å². The zero-order valence-electron chi connectivity index (χ0n) is 53.7. The van der Waals surface area contributed by atoms with Crippen LogP contribution in [0.5, 0.6) is 0 Å². The van der Waals surface area contributed by atoms with E-state index in [0.717, 1.165) is 6.92 Å². The third kappa shape index (κ3) is 22.3. The molecule has 12 amide bonds. The lowest BCUT2D eigenvalue weighted by Gasteiger charge is -2.31. The van der Waals surface area contributed by atoms with E-state index in [0.29, 0.717) is 41.3 Å². The number of aromatic nitrogens is 1. The van der Waals surface area contributed by atoms with Crippen molar-refractivity contribution in [3.05, 3.63) is 84.1 Å². The van der Waals surface area contributed by atoms with E-state index >= 15 is 9.59 Å². The topological polar surface area (TPSA) is 510 Å². The number of amides is 12. The number of fused-ring (bicyclic) bond motifs is 2. The second-order valence-electron chi connectivity index (χ2n) is 23.8. The summed E-state index contributed by atoms with van der Waals surface area (Å²) in [5.41, 5.74) is 29.6. The first kappa shape index (κ1) is 73.9. The van der Waals surface area contributed by atoms with Gasteiger partial charge in [0.25, 0.3) is 0 Å². The highest BCUT2D eigenvalue weighted by molar-refractivity contribution is 6.00. The van der Waals surface area contributed by atoms with Crippen LogP contribution in [0.2, 0.25) is 0 Å². The van der Waals surface area contributed by atoms with Crippen LogP contribution in [-0.2, 0) is 70.4 Å². The van der Waals surface area contributed by atoms with Crippen LogP contribution in [0.1, 0.15) is 109 Å². The van der Waals surface area contributed by atoms with E-state index < -0.39 is 144 Å². The van der Waals surface area contributed by atoms with E-state index in [2.05, 4.69) is 62.8 Å². The van der Waals surface area contributed by atoms with Gasteiger partial charge >= 0.3 is 0 Å². The summed E-state index contributed by atoms with van der Waals surface area (Å²) in [6, 6.07) is 1.91. The van der Waals surface area contributed by atoms with Crippen LogP contribution in [0, 0.1) is 0 Å². The van der Waals surface area contributed by atoms with E-state index in [-0.39, 0.29) is 109 Å². The van der Waals surface area contributed by atoms with Crippen LogP contribution >= 0.6 is 0 Å². The van der Waals surface area contributed by atoms with Crippen LogP contribution in [0.25, 0.3) is 10.9 Å². The number of carbonyl (C=O) groups excluding carboxylic acids is 12. The average molecular weight is 1320 g/mol. The molecule has 0 bridgehead atoms. The van der Waals surface area contributed by atoms with Crippen LogP contribution in [0.4, 0.5) is 0 Å². The summed E-state index contributed by atoms with van der Waals surface area (Å²) in [6.07, 6.45) is 6.58. The molecule has 0 saturated carbocycles. The maximum Gasteiger partial charge on any atom is 0.246 e. The average Bonchev–Trinajstić information content (AvgIpc) is 1.74. The predicted octanol–water partition coefficient (Wildman–Crippen LogP) is -3.93. The molecule has 32 heteroatoms. The number of aliphatic imine (C=N–C) groups is 2. The smallest absolute Gasteiger partial charge is 0.246 e. The number of aliphatic hydroxyl groups excluding tert-OH is 1. The third-order valence-corrected chi connectivity index (χ3v) is 16.5. The number of nitrogens with two attached hydrogens (primary N) is 5. The van der Waals surface area contributed by atoms with Gasteiger partial charge in [0.05, 0.1) is 6.61 Å². The predicted molar refractivity (Wildman–Crippen MR) is 350 cm³/mol. The number of likely N-dealkylation sites (tertiary alicyclic amines) is 1. The number of para-hydroxylation sites is 1. The summed E-state index contributed by atoms with van der Waals surface area (Å²) in [4.78, 5) is 182. The second-order valence-corrected chi connectivity index (χ2v) is 23.8. The summed E-state index contributed by atoms with van der Waals surface area (Å²) < 4.78 is 0. The van der Waals surface area contributed by atoms with Gasteiger partial charge in [0.15, 0.2) is 11.9 Å². The number of H-pyrrole nitrogens is 1. The molecule has 516 valence electrons. The Bertz CT molecular complexity index is 3310. The highest BCUT2D eigenvalue weighted by Gasteiger charge is 2.42. The minimum atomic E-state index is -1.48. The van der Waals surface area contributed by atoms with Crippen molar-refractivity contribution in [2.45, 2.75) is 177 Å². The molecular formula is C63H91N19O13. The maximum atomic E-state index is 15.2. The quantitative estimate of drug-likeness (QED) is 0.0158. The lowest BCUT2D eigenvalue weighted by atomic mass is 10.0. The third-order valence-electron chi connectivity index (χ3n) is 16.5. The zero-order chi connectivity index (χ0) is 69.3. The number of hydrogen-bond donors (Lipinski definition) is 16. The molecule has 21 N–H and O–H groups in total. The Morgan fingerprint density at radius 3 is 1.96 bits per heavy atom. The molecule has 3 aliphatic rings. The molecule has 11 atom stereocenters. The zero-order valence-corrected chi connectivity index (χ0v) is 53.7. The highest BCUT2D eigenvalue weighted by Crippen LogP contribution is 2.24. The number of nitrogens with one attached hydrogen (secondary N) is 10. The number of rotatable bonds is 26. The fourth-order valence-corrected chi connectivity index (χ4v) is 11.5. The molecule has 0 radical (unpaired) electrons. The Kier molecular flexibility index (Phi) is 28.3. The number of guanidine groups is 2. The first-order valence-corrected chi connectivity index (χ1v) is 31.9. The van der Waals surface area contributed by atoms with Crippen LogP contribution in [0.15, 0.2) is 82.9 Å². The molecule has 0 spiro atoms. The Labute approximate surface area is 549 Å². The summed E-state index contributed by atoms with van der Waals surface area (Å²) in [5.74, 6) is -9.37. The van der Waals surface area contributed by atoms with Gasteiger partial charge in [-0.1, -0.05) is 60.7 Å². The lowest BCUT2D eigenvalue weighted by Crippen LogP contribution is -2.60. The van der Waals surface area contributed by atoms with Gasteiger partial charge in [-0.15, -0.1) is 0 Å². The number of hydrogen-bond acceptors (Lipinski definition) is 15. The SMILES string of the molecule is CC(=O)N[C@@H](CO)C(=O)N[C@@H](C)C(=O)N[C@@H](CCCN=C(N)N)C(=O)N[C@@H](Cc1c[nH]c2ccccc12)C(=O)N[C@H]1CC/C=C\CC[C@@H](C(=O)N2CCC[C@H]2C(=O)N[C@@H](CCCN=C(N)N)C(N)=O)NC(=O)[C@H](C)NC(=O)[C@@H]2CCCN2C(=O)[C@H](Cc2ccccc2)NC1=O. The van der Waals surface area contributed by atoms with Crippen LogP contribution in [0.3, 0.4) is 0 Å². The van der Waals surface area contributed by atoms with Gasteiger partial charge in [-0.05, 0) is 108 Å². The molecule has 3 aliphatic heterocycles. The van der Waals surface area contributed by atoms with Crippen molar-refractivity contribution in [1.29, 1.82) is 0 Å². The molecule has 4 heterocycles. The molecule has 2 saturated heterocycles. The molecule has 2 aromatic carbocycles. The molecule has 2 fully saturated rings. The molecule has 0 aliphatic carbocycles. The van der Waals surface area contributed by atoms with Gasteiger partial charge in [0.2, 0.25) is 70.9 Å². The number of nitrogens with zero attached hydrogens (tertiary/aromatic N) is 4. The van der Waals surface area contributed by atoms with Crippen molar-refractivity contribution in [3.63, 3.8) is 0 Å². The number of carbonyl (C=O) groups is 12. The number of allylic oxidation sites excluding steroid dienone is 2. The van der Waals surface area contributed by atoms with E-state index in [1.807, 2.05) is 6.07 Å². The molecule has 32 nitrogen and oxygen atoms in total. The van der Waals surface area contributed by atoms with Crippen molar-refractivity contribution in [1.82, 2.24) is 62.6 Å². The Balaban J connectivity index is 1.32. The number of primary amides is 1. The first-order chi connectivity index (χ1) is 45.3. The Morgan fingerprint density at radius 2 is 1.29 bits per heavy atom.